The zero-order valence-electron chi connectivity index (χ0n) is 8.14. The van der Waals surface area contributed by atoms with Crippen LogP contribution in [0, 0.1) is 0 Å². The van der Waals surface area contributed by atoms with E-state index in [0.29, 0.717) is 17.3 Å². The van der Waals surface area contributed by atoms with Gasteiger partial charge in [0.1, 0.15) is 11.5 Å². The molecule has 0 atom stereocenters. The van der Waals surface area contributed by atoms with Gasteiger partial charge in [0.05, 0.1) is 4.88 Å². The lowest BCUT2D eigenvalue weighted by molar-refractivity contribution is 1.06. The van der Waals surface area contributed by atoms with Crippen molar-refractivity contribution in [2.45, 2.75) is 0 Å². The minimum atomic E-state index is 0.428. The molecular weight excluding hydrogens is 224 g/mol. The van der Waals surface area contributed by atoms with Crippen LogP contribution in [0.15, 0.2) is 23.6 Å². The van der Waals surface area contributed by atoms with Crippen molar-refractivity contribution in [1.82, 2.24) is 25.4 Å². The zero-order chi connectivity index (χ0) is 11.0. The van der Waals surface area contributed by atoms with Crippen LogP contribution in [0.2, 0.25) is 0 Å². The van der Waals surface area contributed by atoms with E-state index in [0.717, 1.165) is 10.7 Å². The van der Waals surface area contributed by atoms with Crippen LogP contribution in [0.5, 0.6) is 0 Å². The van der Waals surface area contributed by atoms with Crippen LogP contribution >= 0.6 is 11.3 Å². The van der Waals surface area contributed by atoms with Gasteiger partial charge in [-0.1, -0.05) is 6.07 Å². The molecule has 0 aliphatic rings. The molecule has 0 fully saturated rings. The van der Waals surface area contributed by atoms with Gasteiger partial charge < -0.3 is 5.73 Å². The van der Waals surface area contributed by atoms with E-state index in [1.165, 1.54) is 0 Å². The number of aromatic nitrogens is 5. The summed E-state index contributed by atoms with van der Waals surface area (Å²) in [5, 5.41) is 15.6. The number of H-pyrrole nitrogens is 2. The highest BCUT2D eigenvalue weighted by Gasteiger charge is 2.09. The number of hydrogen-bond acceptors (Lipinski definition) is 5. The molecule has 3 rings (SSSR count). The monoisotopic (exact) mass is 232 g/mol. The predicted octanol–water partition coefficient (Wildman–Crippen LogP) is 1.51. The summed E-state index contributed by atoms with van der Waals surface area (Å²) in [6, 6.07) is 5.65. The first kappa shape index (κ1) is 9.10. The van der Waals surface area contributed by atoms with E-state index in [1.54, 1.807) is 17.4 Å². The molecule has 0 amide bonds. The Labute approximate surface area is 94.5 Å². The number of aromatic amines is 2. The van der Waals surface area contributed by atoms with E-state index >= 15 is 0 Å². The molecule has 0 saturated heterocycles. The van der Waals surface area contributed by atoms with Gasteiger partial charge in [0.2, 0.25) is 0 Å². The van der Waals surface area contributed by atoms with Gasteiger partial charge in [-0.2, -0.15) is 10.2 Å². The van der Waals surface area contributed by atoms with Crippen molar-refractivity contribution >= 4 is 17.2 Å². The van der Waals surface area contributed by atoms with Gasteiger partial charge in [0, 0.05) is 6.07 Å². The average Bonchev–Trinajstić information content (AvgIpc) is 2.97. The summed E-state index contributed by atoms with van der Waals surface area (Å²) >= 11 is 1.61. The lowest BCUT2D eigenvalue weighted by atomic mass is 10.4. The van der Waals surface area contributed by atoms with Gasteiger partial charge in [-0.3, -0.25) is 10.2 Å². The molecule has 0 unspecified atom stereocenters. The van der Waals surface area contributed by atoms with Gasteiger partial charge in [-0.05, 0) is 11.4 Å². The highest BCUT2D eigenvalue weighted by atomic mass is 32.1. The maximum atomic E-state index is 5.51. The molecule has 0 saturated carbocycles. The number of nitrogens with one attached hydrogen (secondary N) is 2. The van der Waals surface area contributed by atoms with Gasteiger partial charge in [0.25, 0.3) is 0 Å². The van der Waals surface area contributed by atoms with E-state index in [2.05, 4.69) is 25.4 Å². The van der Waals surface area contributed by atoms with Gasteiger partial charge >= 0.3 is 0 Å². The first-order chi connectivity index (χ1) is 7.83. The molecule has 16 heavy (non-hydrogen) atoms. The van der Waals surface area contributed by atoms with Crippen molar-refractivity contribution in [3.05, 3.63) is 23.6 Å². The standard InChI is InChI=1S/C9H8N6S/c10-7-4-5(12-13-7)8-11-9(15-14-8)6-2-1-3-16-6/h1-4H,(H3,10,12,13)(H,11,14,15). The predicted molar refractivity (Wildman–Crippen MR) is 61.7 cm³/mol. The van der Waals surface area contributed by atoms with Crippen molar-refractivity contribution in [3.8, 4) is 22.2 Å². The quantitative estimate of drug-likeness (QED) is 0.623. The molecule has 6 nitrogen and oxygen atoms in total. The van der Waals surface area contributed by atoms with E-state index in [1.807, 2.05) is 17.5 Å². The Bertz CT molecular complexity index is 593. The average molecular weight is 232 g/mol. The summed E-state index contributed by atoms with van der Waals surface area (Å²) in [4.78, 5) is 5.40. The van der Waals surface area contributed by atoms with Crippen molar-refractivity contribution < 1.29 is 0 Å². The molecule has 7 heteroatoms. The van der Waals surface area contributed by atoms with E-state index in [-0.39, 0.29) is 0 Å². The summed E-state index contributed by atoms with van der Waals surface area (Å²) in [7, 11) is 0. The largest absolute Gasteiger partial charge is 0.382 e. The Morgan fingerprint density at radius 3 is 2.88 bits per heavy atom. The number of thiophene rings is 1. The lowest BCUT2D eigenvalue weighted by Crippen LogP contribution is -1.81. The normalized spacial score (nSPS) is 10.8. The Kier molecular flexibility index (Phi) is 1.97. The van der Waals surface area contributed by atoms with Crippen LogP contribution in [0.25, 0.3) is 22.2 Å². The van der Waals surface area contributed by atoms with Crippen molar-refractivity contribution in [1.29, 1.82) is 0 Å². The molecule has 80 valence electrons. The molecule has 0 aliphatic heterocycles. The second-order valence-corrected chi connectivity index (χ2v) is 4.14. The minimum absolute atomic E-state index is 0.428. The number of nitrogens with two attached hydrogens (primary N) is 1. The molecule has 3 heterocycles. The Morgan fingerprint density at radius 1 is 1.25 bits per heavy atom. The van der Waals surface area contributed by atoms with Crippen molar-refractivity contribution in [2.24, 2.45) is 0 Å². The molecule has 3 aromatic rings. The van der Waals surface area contributed by atoms with Crippen LogP contribution in [0.3, 0.4) is 0 Å². The van der Waals surface area contributed by atoms with Crippen LogP contribution in [0.1, 0.15) is 0 Å². The third-order valence-corrected chi connectivity index (χ3v) is 2.96. The smallest absolute Gasteiger partial charge is 0.199 e. The van der Waals surface area contributed by atoms with E-state index in [4.69, 9.17) is 5.73 Å². The van der Waals surface area contributed by atoms with Crippen LogP contribution in [-0.4, -0.2) is 25.4 Å². The molecule has 0 bridgehead atoms. The Hall–Kier alpha value is -2.15. The molecule has 0 aliphatic carbocycles. The second-order valence-electron chi connectivity index (χ2n) is 3.19. The third-order valence-electron chi connectivity index (χ3n) is 2.08. The summed E-state index contributed by atoms with van der Waals surface area (Å²) in [6.45, 7) is 0. The minimum Gasteiger partial charge on any atom is -0.382 e. The van der Waals surface area contributed by atoms with Crippen molar-refractivity contribution in [3.63, 3.8) is 0 Å². The summed E-state index contributed by atoms with van der Waals surface area (Å²) in [6.07, 6.45) is 0. The highest BCUT2D eigenvalue weighted by Crippen LogP contribution is 2.23. The van der Waals surface area contributed by atoms with Gasteiger partial charge in [-0.25, -0.2) is 4.98 Å². The topological polar surface area (TPSA) is 96.3 Å². The van der Waals surface area contributed by atoms with Gasteiger partial charge in [-0.15, -0.1) is 11.3 Å². The Morgan fingerprint density at radius 2 is 2.19 bits per heavy atom. The maximum absolute atomic E-state index is 5.51. The maximum Gasteiger partial charge on any atom is 0.199 e. The fourth-order valence-corrected chi connectivity index (χ4v) is 2.02. The SMILES string of the molecule is Nc1cc(-c2n[nH]c(-c3cccs3)n2)[nH]n1. The van der Waals surface area contributed by atoms with Gasteiger partial charge in [0.15, 0.2) is 11.6 Å². The van der Waals surface area contributed by atoms with E-state index < -0.39 is 0 Å². The molecular formula is C9H8N6S. The van der Waals surface area contributed by atoms with Crippen LogP contribution < -0.4 is 5.73 Å². The summed E-state index contributed by atoms with van der Waals surface area (Å²) < 4.78 is 0. The number of anilines is 1. The summed E-state index contributed by atoms with van der Waals surface area (Å²) in [5.74, 6) is 1.74. The fraction of sp³-hybridized carbons (Fsp3) is 0. The summed E-state index contributed by atoms with van der Waals surface area (Å²) in [5.41, 5.74) is 6.22. The first-order valence-corrected chi connectivity index (χ1v) is 5.48. The molecule has 0 spiro atoms. The molecule has 0 radical (unpaired) electrons. The molecule has 0 aromatic carbocycles. The lowest BCUT2D eigenvalue weighted by Gasteiger charge is -1.86. The second kappa shape index (κ2) is 3.46. The van der Waals surface area contributed by atoms with Crippen LogP contribution in [0.4, 0.5) is 5.82 Å². The highest BCUT2D eigenvalue weighted by molar-refractivity contribution is 7.13. The zero-order valence-corrected chi connectivity index (χ0v) is 8.95. The Balaban J connectivity index is 2.00. The van der Waals surface area contributed by atoms with Crippen LogP contribution in [-0.2, 0) is 0 Å². The number of hydrogen-bond donors (Lipinski definition) is 3. The molecule has 3 aromatic heterocycles. The third kappa shape index (κ3) is 1.47. The number of nitrogens with zero attached hydrogens (tertiary/aromatic N) is 3. The number of rotatable bonds is 2. The first-order valence-electron chi connectivity index (χ1n) is 4.60. The van der Waals surface area contributed by atoms with E-state index in [9.17, 15) is 0 Å². The fourth-order valence-electron chi connectivity index (χ4n) is 1.36. The number of nitrogen functional groups attached to an aromatic ring is 1. The molecule has 4 N–H and O–H groups in total. The van der Waals surface area contributed by atoms with Crippen molar-refractivity contribution in [2.75, 3.05) is 5.73 Å².